The van der Waals surface area contributed by atoms with Crippen molar-refractivity contribution in [2.45, 2.75) is 76.0 Å². The van der Waals surface area contributed by atoms with Gasteiger partial charge in [0, 0.05) is 6.42 Å². The van der Waals surface area contributed by atoms with Crippen LogP contribution in [0.4, 0.5) is 0 Å². The van der Waals surface area contributed by atoms with Crippen molar-refractivity contribution in [1.82, 2.24) is 37.2 Å². The maximum absolute atomic E-state index is 13.0. The van der Waals surface area contributed by atoms with E-state index in [2.05, 4.69) is 37.2 Å². The van der Waals surface area contributed by atoms with Gasteiger partial charge in [-0.25, -0.2) is 4.79 Å². The Hall–Kier alpha value is -5.42. The van der Waals surface area contributed by atoms with E-state index in [1.165, 1.54) is 24.3 Å². The molecule has 302 valence electrons. The molecule has 7 amide bonds. The number of aliphatic hydroxyl groups is 4. The number of carbonyl (C=O) groups excluding carboxylic acids is 7. The lowest BCUT2D eigenvalue weighted by Crippen LogP contribution is -2.59. The number of carbonyl (C=O) groups is 8. The van der Waals surface area contributed by atoms with Crippen molar-refractivity contribution in [2.24, 2.45) is 11.7 Å². The van der Waals surface area contributed by atoms with E-state index in [0.717, 1.165) is 6.92 Å². The minimum absolute atomic E-state index is 0.0987. The van der Waals surface area contributed by atoms with Gasteiger partial charge in [-0.15, -0.1) is 0 Å². The van der Waals surface area contributed by atoms with Gasteiger partial charge in [-0.1, -0.05) is 32.4 Å². The fourth-order valence-electron chi connectivity index (χ4n) is 4.40. The highest BCUT2D eigenvalue weighted by atomic mass is 16.4. The van der Waals surface area contributed by atoms with Gasteiger partial charge in [0.25, 0.3) is 0 Å². The summed E-state index contributed by atoms with van der Waals surface area (Å²) in [6.45, 7) is 0.308. The predicted molar refractivity (Wildman–Crippen MR) is 185 cm³/mol. The Bertz CT molecular complexity index is 1460. The van der Waals surface area contributed by atoms with Gasteiger partial charge in [-0.3, -0.25) is 33.6 Å². The summed E-state index contributed by atoms with van der Waals surface area (Å²) in [6.07, 6.45) is -1.20. The van der Waals surface area contributed by atoms with Gasteiger partial charge in [0.15, 0.2) is 6.04 Å². The van der Waals surface area contributed by atoms with Crippen molar-refractivity contribution < 1.29 is 69.0 Å². The van der Waals surface area contributed by atoms with Gasteiger partial charge in [0.1, 0.15) is 29.9 Å². The summed E-state index contributed by atoms with van der Waals surface area (Å²) < 4.78 is 0. The lowest BCUT2D eigenvalue weighted by molar-refractivity contribution is -0.145. The molecule has 1 aromatic carbocycles. The number of phenolic OH excluding ortho intramolecular Hbond substituents is 1. The molecular weight excluding hydrogens is 720 g/mol. The largest absolute Gasteiger partial charge is 0.508 e. The summed E-state index contributed by atoms with van der Waals surface area (Å²) in [5.74, 6) is -8.78. The Kier molecular flexibility index (Phi) is 20.1. The Morgan fingerprint density at radius 3 is 1.61 bits per heavy atom. The molecule has 0 saturated carbocycles. The van der Waals surface area contributed by atoms with Gasteiger partial charge >= 0.3 is 5.97 Å². The van der Waals surface area contributed by atoms with E-state index in [4.69, 9.17) is 5.73 Å². The standard InChI is InChI=1S/C32H50N8O14/c1-4-15(2)25(33)31(52)39-22(14-43)30(51)38-20(12-41)27(48)35-10-23(46)34-11-24(47)36-21(13-42)29(50)37-19(9-17-5-7-18(45)8-6-17)28(49)40-26(16(3)44)32(53)54/h5-8,15-16,19-22,25-26,41-45H,4,9-14,33H2,1-3H3,(H,34,46)(H,35,48)(H,36,47)(H,37,50)(H,38,51)(H,39,52)(H,40,49)(H,53,54)/t15-,16+,19-,20-,21-,22-,25-,26-/m0/s1. The smallest absolute Gasteiger partial charge is 0.328 e. The van der Waals surface area contributed by atoms with E-state index in [-0.39, 0.29) is 18.1 Å². The quantitative estimate of drug-likeness (QED) is 0.0492. The minimum atomic E-state index is -1.75. The highest BCUT2D eigenvalue weighted by Gasteiger charge is 2.32. The van der Waals surface area contributed by atoms with Crippen molar-refractivity contribution >= 4 is 47.3 Å². The lowest BCUT2D eigenvalue weighted by atomic mass is 9.99. The number of hydrogen-bond donors (Lipinski definition) is 14. The highest BCUT2D eigenvalue weighted by molar-refractivity contribution is 5.96. The second-order valence-corrected chi connectivity index (χ2v) is 12.2. The van der Waals surface area contributed by atoms with E-state index in [0.29, 0.717) is 12.0 Å². The number of carboxylic acid groups (broad SMARTS) is 1. The van der Waals surface area contributed by atoms with Crippen molar-refractivity contribution in [2.75, 3.05) is 32.9 Å². The van der Waals surface area contributed by atoms with Crippen molar-refractivity contribution in [3.63, 3.8) is 0 Å². The normalized spacial score (nSPS) is 15.3. The number of aliphatic hydroxyl groups excluding tert-OH is 4. The summed E-state index contributed by atoms with van der Waals surface area (Å²) in [6, 6.07) is -3.60. The molecule has 0 aliphatic rings. The third kappa shape index (κ3) is 15.7. The molecule has 1 aromatic rings. The summed E-state index contributed by atoms with van der Waals surface area (Å²) in [7, 11) is 0. The first-order valence-electron chi connectivity index (χ1n) is 16.7. The Balaban J connectivity index is 2.77. The van der Waals surface area contributed by atoms with Gasteiger partial charge in [-0.2, -0.15) is 0 Å². The van der Waals surface area contributed by atoms with E-state index in [1.807, 2.05) is 0 Å². The monoisotopic (exact) mass is 770 g/mol. The summed E-state index contributed by atoms with van der Waals surface area (Å²) in [5, 5.41) is 72.7. The number of nitrogens with two attached hydrogens (primary N) is 1. The summed E-state index contributed by atoms with van der Waals surface area (Å²) in [4.78, 5) is 99.6. The topological polar surface area (TPSA) is 368 Å². The molecule has 0 spiro atoms. The Labute approximate surface area is 309 Å². The zero-order valence-electron chi connectivity index (χ0n) is 29.9. The Morgan fingerprint density at radius 2 is 1.11 bits per heavy atom. The van der Waals surface area contributed by atoms with Crippen LogP contribution in [0.15, 0.2) is 24.3 Å². The highest BCUT2D eigenvalue weighted by Crippen LogP contribution is 2.12. The zero-order chi connectivity index (χ0) is 41.1. The molecule has 22 nitrogen and oxygen atoms in total. The molecular formula is C32H50N8O14. The molecule has 0 heterocycles. The fourth-order valence-corrected chi connectivity index (χ4v) is 4.40. The van der Waals surface area contributed by atoms with Crippen LogP contribution < -0.4 is 43.0 Å². The molecule has 54 heavy (non-hydrogen) atoms. The van der Waals surface area contributed by atoms with Crippen molar-refractivity contribution in [3.8, 4) is 5.75 Å². The van der Waals surface area contributed by atoms with Gasteiger partial charge in [0.2, 0.25) is 41.4 Å². The zero-order valence-corrected chi connectivity index (χ0v) is 29.9. The molecule has 0 aliphatic heterocycles. The average Bonchev–Trinajstić information content (AvgIpc) is 3.14. The fraction of sp³-hybridized carbons (Fsp3) is 0.562. The molecule has 15 N–H and O–H groups in total. The van der Waals surface area contributed by atoms with E-state index < -0.39 is 123 Å². The molecule has 0 saturated heterocycles. The number of amides is 7. The number of hydrogen-bond acceptors (Lipinski definition) is 14. The summed E-state index contributed by atoms with van der Waals surface area (Å²) >= 11 is 0. The summed E-state index contributed by atoms with van der Waals surface area (Å²) in [5.41, 5.74) is 6.23. The van der Waals surface area contributed by atoms with Crippen LogP contribution in [-0.2, 0) is 44.8 Å². The minimum Gasteiger partial charge on any atom is -0.508 e. The second-order valence-electron chi connectivity index (χ2n) is 12.2. The van der Waals surface area contributed by atoms with Crippen LogP contribution in [0.3, 0.4) is 0 Å². The number of aliphatic carboxylic acids is 1. The van der Waals surface area contributed by atoms with Gasteiger partial charge < -0.3 is 73.6 Å². The van der Waals surface area contributed by atoms with Crippen LogP contribution in [0.25, 0.3) is 0 Å². The molecule has 0 aliphatic carbocycles. The third-order valence-corrected chi connectivity index (χ3v) is 7.95. The van der Waals surface area contributed by atoms with Crippen LogP contribution in [0.5, 0.6) is 5.75 Å². The molecule has 1 rings (SSSR count). The lowest BCUT2D eigenvalue weighted by Gasteiger charge is -2.25. The molecule has 0 bridgehead atoms. The number of carboxylic acids is 1. The van der Waals surface area contributed by atoms with Crippen LogP contribution >= 0.6 is 0 Å². The Morgan fingerprint density at radius 1 is 0.648 bits per heavy atom. The van der Waals surface area contributed by atoms with E-state index in [1.54, 1.807) is 13.8 Å². The first-order chi connectivity index (χ1) is 25.4. The van der Waals surface area contributed by atoms with Crippen molar-refractivity contribution in [1.29, 1.82) is 0 Å². The van der Waals surface area contributed by atoms with Crippen LogP contribution in [-0.4, -0.2) is 153 Å². The molecule has 0 radical (unpaired) electrons. The average molecular weight is 771 g/mol. The SMILES string of the molecule is CC[C@H](C)[C@H](N)C(=O)N[C@@H](CO)C(=O)N[C@@H](CO)C(=O)NCC(=O)NCC(=O)N[C@@H](CO)C(=O)N[C@@H](Cc1ccc(O)cc1)C(=O)N[C@H](C(=O)O)[C@@H](C)O. The molecule has 22 heteroatoms. The van der Waals surface area contributed by atoms with Crippen LogP contribution in [0.2, 0.25) is 0 Å². The van der Waals surface area contributed by atoms with E-state index in [9.17, 15) is 69.0 Å². The third-order valence-electron chi connectivity index (χ3n) is 7.95. The maximum Gasteiger partial charge on any atom is 0.328 e. The number of benzene rings is 1. The molecule has 8 atom stereocenters. The number of phenols is 1. The molecule has 0 unspecified atom stereocenters. The van der Waals surface area contributed by atoms with Crippen molar-refractivity contribution in [3.05, 3.63) is 29.8 Å². The molecule has 0 fully saturated rings. The number of nitrogens with one attached hydrogen (secondary N) is 7. The molecule has 0 aromatic heterocycles. The van der Waals surface area contributed by atoms with Gasteiger partial charge in [-0.05, 0) is 30.5 Å². The van der Waals surface area contributed by atoms with Gasteiger partial charge in [0.05, 0.1) is 45.1 Å². The van der Waals surface area contributed by atoms with Crippen LogP contribution in [0, 0.1) is 5.92 Å². The number of rotatable bonds is 23. The second kappa shape index (κ2) is 23.3. The number of aromatic hydroxyl groups is 1. The maximum atomic E-state index is 13.0. The van der Waals surface area contributed by atoms with E-state index >= 15 is 0 Å². The first kappa shape index (κ1) is 46.6. The van der Waals surface area contributed by atoms with Crippen LogP contribution in [0.1, 0.15) is 32.8 Å². The first-order valence-corrected chi connectivity index (χ1v) is 16.7. The predicted octanol–water partition coefficient (Wildman–Crippen LogP) is -6.59.